The third-order valence-electron chi connectivity index (χ3n) is 1.03. The molecule has 0 spiro atoms. The molecular weight excluding hydrogens is 154 g/mol. The minimum absolute atomic E-state index is 0.360. The van der Waals surface area contributed by atoms with Crippen molar-refractivity contribution in [1.29, 1.82) is 0 Å². The lowest BCUT2D eigenvalue weighted by molar-refractivity contribution is 0.112. The average molecular weight is 159 g/mol. The van der Waals surface area contributed by atoms with Crippen LogP contribution in [0, 0.1) is 0 Å². The fourth-order valence-electron chi connectivity index (χ4n) is 0.573. The molecule has 0 saturated carbocycles. The summed E-state index contributed by atoms with van der Waals surface area (Å²) in [4.78, 5) is 10.0. The van der Waals surface area contributed by atoms with Crippen LogP contribution in [0.1, 0.15) is 10.4 Å². The minimum atomic E-state index is -2.62. The topological polar surface area (TPSA) is 56.1 Å². The van der Waals surface area contributed by atoms with E-state index >= 15 is 0 Å². The van der Waals surface area contributed by atoms with Gasteiger partial charge in [-0.25, -0.2) is 8.42 Å². The number of aromatic nitrogens is 1. The first-order valence-electron chi connectivity index (χ1n) is 2.52. The van der Waals surface area contributed by atoms with Crippen molar-refractivity contribution in [3.8, 4) is 0 Å². The van der Waals surface area contributed by atoms with Gasteiger partial charge >= 0.3 is 0 Å². The van der Waals surface area contributed by atoms with E-state index in [-0.39, 0.29) is 0 Å². The third-order valence-corrected chi connectivity index (χ3v) is 1.65. The summed E-state index contributed by atoms with van der Waals surface area (Å²) in [5.41, 5.74) is 0.360. The van der Waals surface area contributed by atoms with Gasteiger partial charge in [0.15, 0.2) is 6.29 Å². The summed E-state index contributed by atoms with van der Waals surface area (Å²) in [6.07, 6.45) is 3.16. The predicted molar refractivity (Wildman–Crippen MR) is 35.5 cm³/mol. The van der Waals surface area contributed by atoms with E-state index in [2.05, 4.69) is 0 Å². The first-order valence-corrected chi connectivity index (χ1v) is 3.65. The Morgan fingerprint density at radius 2 is 2.20 bits per heavy atom. The van der Waals surface area contributed by atoms with Crippen LogP contribution in [-0.2, 0) is 10.9 Å². The molecule has 10 heavy (non-hydrogen) atoms. The smallest absolute Gasteiger partial charge is 0.228 e. The molecule has 0 bridgehead atoms. The largest absolute Gasteiger partial charge is 0.298 e. The lowest BCUT2D eigenvalue weighted by Crippen LogP contribution is -1.89. The van der Waals surface area contributed by atoms with Gasteiger partial charge in [-0.05, 0) is 6.07 Å². The molecule has 0 amide bonds. The highest BCUT2D eigenvalue weighted by atomic mass is 32.2. The zero-order chi connectivity index (χ0) is 7.56. The van der Waals surface area contributed by atoms with Crippen LogP contribution in [0.4, 0.5) is 0 Å². The Balaban J connectivity index is 3.10. The zero-order valence-electron chi connectivity index (χ0n) is 4.93. The van der Waals surface area contributed by atoms with Crippen molar-refractivity contribution in [2.24, 2.45) is 0 Å². The lowest BCUT2D eigenvalue weighted by atomic mass is 10.4. The van der Waals surface area contributed by atoms with Gasteiger partial charge in [0.2, 0.25) is 10.9 Å². The van der Waals surface area contributed by atoms with Crippen LogP contribution in [0.3, 0.4) is 0 Å². The van der Waals surface area contributed by atoms with E-state index in [4.69, 9.17) is 0 Å². The van der Waals surface area contributed by atoms with E-state index in [1.807, 2.05) is 0 Å². The van der Waals surface area contributed by atoms with Crippen molar-refractivity contribution in [3.63, 3.8) is 0 Å². The standard InChI is InChI=1S/C5H5NO3S/c7-4-5-1-2-6(3-5)10(8)9/h1-4,10H. The van der Waals surface area contributed by atoms with Crippen LogP contribution in [0.25, 0.3) is 0 Å². The summed E-state index contributed by atoms with van der Waals surface area (Å²) >= 11 is 0. The molecule has 0 aliphatic heterocycles. The monoisotopic (exact) mass is 159 g/mol. The van der Waals surface area contributed by atoms with E-state index in [0.29, 0.717) is 11.8 Å². The van der Waals surface area contributed by atoms with Gasteiger partial charge < -0.3 is 0 Å². The molecule has 0 aliphatic carbocycles. The normalized spacial score (nSPS) is 10.1. The van der Waals surface area contributed by atoms with Crippen LogP contribution in [-0.4, -0.2) is 18.7 Å². The Kier molecular flexibility index (Phi) is 1.86. The Hall–Kier alpha value is -1.10. The summed E-state index contributed by atoms with van der Waals surface area (Å²) in [5, 5.41) is 0. The number of aldehydes is 1. The number of thiol groups is 1. The quantitative estimate of drug-likeness (QED) is 0.475. The molecule has 0 saturated heterocycles. The molecule has 0 N–H and O–H groups in total. The summed E-state index contributed by atoms with van der Waals surface area (Å²) in [6, 6.07) is 1.43. The molecular formula is C5H5NO3S. The molecule has 1 heterocycles. The molecule has 5 heteroatoms. The third kappa shape index (κ3) is 1.24. The molecule has 0 aliphatic rings. The predicted octanol–water partition coefficient (Wildman–Crippen LogP) is -0.325. The Morgan fingerprint density at radius 1 is 1.50 bits per heavy atom. The first kappa shape index (κ1) is 7.01. The van der Waals surface area contributed by atoms with Crippen LogP contribution in [0.2, 0.25) is 0 Å². The van der Waals surface area contributed by atoms with Gasteiger partial charge in [-0.15, -0.1) is 0 Å². The molecule has 0 aromatic carbocycles. The van der Waals surface area contributed by atoms with Gasteiger partial charge in [-0.2, -0.15) is 0 Å². The summed E-state index contributed by atoms with van der Waals surface area (Å²) in [5.74, 6) is 0. The second-order valence-corrected chi connectivity index (χ2v) is 2.62. The van der Waals surface area contributed by atoms with Gasteiger partial charge in [0.05, 0.1) is 0 Å². The average Bonchev–Trinajstić information content (AvgIpc) is 2.34. The molecule has 0 atom stereocenters. The fraction of sp³-hybridized carbons (Fsp3) is 0. The van der Waals surface area contributed by atoms with Crippen molar-refractivity contribution in [3.05, 3.63) is 24.0 Å². The summed E-state index contributed by atoms with van der Waals surface area (Å²) in [6.45, 7) is 0. The Labute approximate surface area is 59.2 Å². The van der Waals surface area contributed by atoms with Crippen LogP contribution >= 0.6 is 0 Å². The highest BCUT2D eigenvalue weighted by molar-refractivity contribution is 7.70. The van der Waals surface area contributed by atoms with Gasteiger partial charge in [-0.3, -0.25) is 8.77 Å². The lowest BCUT2D eigenvalue weighted by Gasteiger charge is -1.82. The molecule has 4 nitrogen and oxygen atoms in total. The zero-order valence-corrected chi connectivity index (χ0v) is 5.82. The number of carbonyl (C=O) groups is 1. The minimum Gasteiger partial charge on any atom is -0.298 e. The Bertz CT molecular complexity index is 304. The highest BCUT2D eigenvalue weighted by Gasteiger charge is 1.93. The van der Waals surface area contributed by atoms with Gasteiger partial charge in [0, 0.05) is 18.0 Å². The van der Waals surface area contributed by atoms with Gasteiger partial charge in [0.1, 0.15) is 0 Å². The van der Waals surface area contributed by atoms with Crippen LogP contribution in [0.15, 0.2) is 18.5 Å². The number of rotatable bonds is 2. The Morgan fingerprint density at radius 3 is 2.50 bits per heavy atom. The van der Waals surface area contributed by atoms with Crippen molar-refractivity contribution in [2.75, 3.05) is 0 Å². The van der Waals surface area contributed by atoms with Crippen LogP contribution < -0.4 is 0 Å². The molecule has 54 valence electrons. The highest BCUT2D eigenvalue weighted by Crippen LogP contribution is 1.95. The van der Waals surface area contributed by atoms with Crippen molar-refractivity contribution in [1.82, 2.24) is 3.97 Å². The number of nitrogens with zero attached hydrogens (tertiary/aromatic N) is 1. The molecule has 0 radical (unpaired) electrons. The van der Waals surface area contributed by atoms with E-state index in [0.717, 1.165) is 3.97 Å². The second-order valence-electron chi connectivity index (χ2n) is 1.68. The van der Waals surface area contributed by atoms with Crippen molar-refractivity contribution >= 4 is 17.2 Å². The number of hydrogen-bond donors (Lipinski definition) is 1. The fourth-order valence-corrected chi connectivity index (χ4v) is 0.976. The maximum atomic E-state index is 10.2. The first-order chi connectivity index (χ1) is 4.74. The molecule has 0 unspecified atom stereocenters. The van der Waals surface area contributed by atoms with Gasteiger partial charge in [-0.1, -0.05) is 0 Å². The summed E-state index contributed by atoms with van der Waals surface area (Å²) < 4.78 is 21.4. The van der Waals surface area contributed by atoms with Crippen molar-refractivity contribution in [2.45, 2.75) is 0 Å². The van der Waals surface area contributed by atoms with Crippen molar-refractivity contribution < 1.29 is 13.2 Å². The van der Waals surface area contributed by atoms with Crippen LogP contribution in [0.5, 0.6) is 0 Å². The van der Waals surface area contributed by atoms with E-state index in [1.54, 1.807) is 0 Å². The molecule has 1 rings (SSSR count). The molecule has 1 aromatic heterocycles. The second kappa shape index (κ2) is 2.66. The molecule has 1 aromatic rings. The maximum Gasteiger partial charge on any atom is 0.228 e. The van der Waals surface area contributed by atoms with E-state index in [9.17, 15) is 13.2 Å². The van der Waals surface area contributed by atoms with E-state index in [1.165, 1.54) is 18.5 Å². The molecule has 0 fully saturated rings. The van der Waals surface area contributed by atoms with Gasteiger partial charge in [0.25, 0.3) is 0 Å². The number of carbonyl (C=O) groups excluding carboxylic acids is 1. The number of hydrogen-bond acceptors (Lipinski definition) is 3. The summed E-state index contributed by atoms with van der Waals surface area (Å²) in [7, 11) is -2.62. The SMILES string of the molecule is O=Cc1ccn([SH](=O)=O)c1. The van der Waals surface area contributed by atoms with E-state index < -0.39 is 10.9 Å². The maximum absolute atomic E-state index is 10.2.